The van der Waals surface area contributed by atoms with Crippen molar-refractivity contribution in [2.75, 3.05) is 0 Å². The van der Waals surface area contributed by atoms with E-state index in [1.165, 1.54) is 0 Å². The molecule has 3 nitrogen and oxygen atoms in total. The van der Waals surface area contributed by atoms with Gasteiger partial charge in [-0.3, -0.25) is 0 Å². The lowest BCUT2D eigenvalue weighted by Gasteiger charge is -2.16. The molecule has 0 fully saturated rings. The lowest BCUT2D eigenvalue weighted by molar-refractivity contribution is 0.851. The summed E-state index contributed by atoms with van der Waals surface area (Å²) in [5.41, 5.74) is 0.837. The van der Waals surface area contributed by atoms with Gasteiger partial charge in [0, 0.05) is 11.1 Å². The normalized spacial score (nSPS) is 13.2. The Morgan fingerprint density at radius 3 is 1.54 bits per heavy atom. The molecule has 0 spiro atoms. The number of nitrogens with zero attached hydrogens (tertiary/aromatic N) is 3. The molecule has 2 rings (SSSR count). The second-order valence-electron chi connectivity index (χ2n) is 4.38. The Balaban J connectivity index is 2.66. The van der Waals surface area contributed by atoms with Crippen LogP contribution in [0.4, 0.5) is 0 Å². The van der Waals surface area contributed by atoms with E-state index in [0.717, 1.165) is 0 Å². The van der Waals surface area contributed by atoms with E-state index in [4.69, 9.17) is 104 Å². The SMILES string of the molecule is ClC(Cl)(Cl)c1cccc(-c2nc(C(Cl)(Cl)Cl)nc(C(Cl)(Cl)Cl)n2)c1. The number of halogens is 9. The van der Waals surface area contributed by atoms with Crippen molar-refractivity contribution in [2.45, 2.75) is 11.4 Å². The van der Waals surface area contributed by atoms with Crippen LogP contribution < -0.4 is 0 Å². The topological polar surface area (TPSA) is 38.7 Å². The average Bonchev–Trinajstić information content (AvgIpc) is 2.44. The summed E-state index contributed by atoms with van der Waals surface area (Å²) in [6.07, 6.45) is 0. The van der Waals surface area contributed by atoms with Crippen molar-refractivity contribution in [1.82, 2.24) is 15.0 Å². The summed E-state index contributed by atoms with van der Waals surface area (Å²) in [7, 11) is 0. The molecule has 2 aromatic rings. The summed E-state index contributed by atoms with van der Waals surface area (Å²) in [5.74, 6) is -0.333. The quantitative estimate of drug-likeness (QED) is 0.388. The Morgan fingerprint density at radius 1 is 0.625 bits per heavy atom. The Hall–Kier alpha value is 0.840. The predicted octanol–water partition coefficient (Wildman–Crippen LogP) is 7.02. The first-order valence-corrected chi connectivity index (χ1v) is 9.27. The summed E-state index contributed by atoms with van der Waals surface area (Å²) in [5, 5.41) is 0. The smallest absolute Gasteiger partial charge is 0.209 e. The maximum Gasteiger partial charge on any atom is 0.250 e. The van der Waals surface area contributed by atoms with E-state index in [1.54, 1.807) is 24.3 Å². The van der Waals surface area contributed by atoms with Crippen LogP contribution in [0.15, 0.2) is 24.3 Å². The van der Waals surface area contributed by atoms with Gasteiger partial charge in [-0.05, 0) is 6.07 Å². The Kier molecular flexibility index (Phi) is 6.57. The summed E-state index contributed by atoms with van der Waals surface area (Å²) < 4.78 is -5.54. The molecule has 12 heteroatoms. The van der Waals surface area contributed by atoms with Gasteiger partial charge in [-0.25, -0.2) is 15.0 Å². The van der Waals surface area contributed by atoms with E-state index in [0.29, 0.717) is 11.1 Å². The number of aromatic nitrogens is 3. The van der Waals surface area contributed by atoms with Gasteiger partial charge < -0.3 is 0 Å². The number of alkyl halides is 9. The van der Waals surface area contributed by atoms with Crippen molar-refractivity contribution in [3.05, 3.63) is 41.5 Å². The molecule has 1 aromatic carbocycles. The Morgan fingerprint density at radius 2 is 1.12 bits per heavy atom. The first-order chi connectivity index (χ1) is 10.8. The van der Waals surface area contributed by atoms with Crippen LogP contribution in [0.25, 0.3) is 11.4 Å². The van der Waals surface area contributed by atoms with Gasteiger partial charge in [-0.15, -0.1) is 0 Å². The van der Waals surface area contributed by atoms with Crippen molar-refractivity contribution in [3.8, 4) is 11.4 Å². The molecule has 0 aliphatic carbocycles. The molecule has 0 radical (unpaired) electrons. The van der Waals surface area contributed by atoms with Crippen LogP contribution in [0.3, 0.4) is 0 Å². The molecule has 1 heterocycles. The molecule has 0 unspecified atom stereocenters. The molecule has 24 heavy (non-hydrogen) atoms. The van der Waals surface area contributed by atoms with Crippen LogP contribution >= 0.6 is 104 Å². The highest BCUT2D eigenvalue weighted by molar-refractivity contribution is 6.67. The third-order valence-electron chi connectivity index (χ3n) is 2.59. The van der Waals surface area contributed by atoms with E-state index >= 15 is 0 Å². The predicted molar refractivity (Wildman–Crippen MR) is 103 cm³/mol. The molecule has 0 N–H and O–H groups in total. The van der Waals surface area contributed by atoms with Gasteiger partial charge in [0.15, 0.2) is 17.5 Å². The van der Waals surface area contributed by atoms with Crippen LogP contribution in [0.5, 0.6) is 0 Å². The number of benzene rings is 1. The monoisotopic (exact) mass is 505 g/mol. The standard InChI is InChI=1S/C12H4Cl9N3/c13-10(14,15)6-3-1-2-5(4-6)7-22-8(11(16,17)18)24-9(23-7)12(19,20)21/h1-4H. The fourth-order valence-electron chi connectivity index (χ4n) is 1.59. The van der Waals surface area contributed by atoms with E-state index in [2.05, 4.69) is 15.0 Å². The first kappa shape index (κ1) is 21.1. The molecule has 130 valence electrons. The van der Waals surface area contributed by atoms with Gasteiger partial charge in [0.1, 0.15) is 0 Å². The van der Waals surface area contributed by atoms with Crippen molar-refractivity contribution in [3.63, 3.8) is 0 Å². The van der Waals surface area contributed by atoms with Crippen molar-refractivity contribution >= 4 is 104 Å². The van der Waals surface area contributed by atoms with Crippen LogP contribution in [0, 0.1) is 0 Å². The lowest BCUT2D eigenvalue weighted by atomic mass is 10.1. The fraction of sp³-hybridized carbons (Fsp3) is 0.250. The van der Waals surface area contributed by atoms with Crippen LogP contribution in [-0.2, 0) is 11.4 Å². The van der Waals surface area contributed by atoms with E-state index < -0.39 is 11.4 Å². The molecular weight excluding hydrogens is 505 g/mol. The molecule has 0 aliphatic heterocycles. The summed E-state index contributed by atoms with van der Waals surface area (Å²) in [6.45, 7) is 0. The zero-order chi connectivity index (χ0) is 18.3. The summed E-state index contributed by atoms with van der Waals surface area (Å²) in [4.78, 5) is 12.1. The highest BCUT2D eigenvalue weighted by Gasteiger charge is 2.34. The molecule has 0 saturated heterocycles. The van der Waals surface area contributed by atoms with Gasteiger partial charge in [0.25, 0.3) is 0 Å². The van der Waals surface area contributed by atoms with Crippen LogP contribution in [0.2, 0.25) is 0 Å². The minimum atomic E-state index is -1.95. The second kappa shape index (κ2) is 7.46. The van der Waals surface area contributed by atoms with E-state index in [9.17, 15) is 0 Å². The van der Waals surface area contributed by atoms with Crippen LogP contribution in [0.1, 0.15) is 17.2 Å². The molecule has 0 aliphatic rings. The average molecular weight is 509 g/mol. The van der Waals surface area contributed by atoms with Gasteiger partial charge >= 0.3 is 0 Å². The number of hydrogen-bond acceptors (Lipinski definition) is 3. The highest BCUT2D eigenvalue weighted by atomic mass is 35.6. The highest BCUT2D eigenvalue weighted by Crippen LogP contribution is 2.42. The third-order valence-corrected chi connectivity index (χ3v) is 4.26. The van der Waals surface area contributed by atoms with Gasteiger partial charge in [-0.1, -0.05) is 123 Å². The zero-order valence-corrected chi connectivity index (χ0v) is 17.9. The third kappa shape index (κ3) is 5.42. The van der Waals surface area contributed by atoms with Crippen LogP contribution in [-0.4, -0.2) is 15.0 Å². The van der Waals surface area contributed by atoms with Crippen molar-refractivity contribution in [2.24, 2.45) is 0 Å². The van der Waals surface area contributed by atoms with E-state index in [-0.39, 0.29) is 17.5 Å². The zero-order valence-electron chi connectivity index (χ0n) is 11.1. The minimum absolute atomic E-state index is 0.0868. The summed E-state index contributed by atoms with van der Waals surface area (Å²) >= 11 is 52.6. The minimum Gasteiger partial charge on any atom is -0.209 e. The largest absolute Gasteiger partial charge is 0.250 e. The van der Waals surface area contributed by atoms with Gasteiger partial charge in [-0.2, -0.15) is 0 Å². The van der Waals surface area contributed by atoms with Crippen molar-refractivity contribution in [1.29, 1.82) is 0 Å². The molecular formula is C12H4Cl9N3. The molecule has 0 atom stereocenters. The Bertz CT molecular complexity index is 714. The Labute approximate surface area is 182 Å². The van der Waals surface area contributed by atoms with Gasteiger partial charge in [0.2, 0.25) is 11.4 Å². The molecule has 0 amide bonds. The molecule has 0 bridgehead atoms. The van der Waals surface area contributed by atoms with Crippen molar-refractivity contribution < 1.29 is 0 Å². The lowest BCUT2D eigenvalue weighted by Crippen LogP contribution is -2.16. The van der Waals surface area contributed by atoms with E-state index in [1.807, 2.05) is 0 Å². The number of rotatable bonds is 1. The first-order valence-electron chi connectivity index (χ1n) is 5.86. The molecule has 1 aromatic heterocycles. The molecule has 0 saturated carbocycles. The summed E-state index contributed by atoms with van der Waals surface area (Å²) in [6, 6.07) is 6.45. The van der Waals surface area contributed by atoms with Gasteiger partial charge in [0.05, 0.1) is 0 Å². The maximum atomic E-state index is 5.88. The maximum absolute atomic E-state index is 5.88. The number of hydrogen-bond donors (Lipinski definition) is 0. The second-order valence-corrected chi connectivity index (χ2v) is 11.2. The fourth-order valence-corrected chi connectivity index (χ4v) is 2.45.